The number of aromatic nitrogens is 1. The number of nitrogens with two attached hydrogens (primary N) is 1. The smallest absolute Gasteiger partial charge is 0.256 e. The Hall–Kier alpha value is -2.14. The number of ether oxygens (including phenoxy) is 2. The van der Waals surface area contributed by atoms with E-state index in [1.165, 1.54) is 12.3 Å². The molecule has 0 unspecified atom stereocenters. The molecule has 4 nitrogen and oxygen atoms in total. The molecule has 2 N–H and O–H groups in total. The maximum Gasteiger partial charge on any atom is 0.256 e. The zero-order chi connectivity index (χ0) is 13.0. The highest BCUT2D eigenvalue weighted by atomic mass is 19.1. The molecule has 2 rings (SSSR count). The second-order valence-corrected chi connectivity index (χ2v) is 3.57. The van der Waals surface area contributed by atoms with Crippen molar-refractivity contribution in [3.63, 3.8) is 0 Å². The molecule has 2 aromatic rings. The summed E-state index contributed by atoms with van der Waals surface area (Å²) in [4.78, 5) is 3.84. The Kier molecular flexibility index (Phi) is 3.74. The molecule has 0 aliphatic carbocycles. The lowest BCUT2D eigenvalue weighted by atomic mass is 10.2. The lowest BCUT2D eigenvalue weighted by Crippen LogP contribution is -2.02. The third kappa shape index (κ3) is 2.57. The van der Waals surface area contributed by atoms with E-state index in [-0.39, 0.29) is 12.4 Å². The van der Waals surface area contributed by atoms with Gasteiger partial charge in [0.15, 0.2) is 5.82 Å². The molecule has 1 heterocycles. The van der Waals surface area contributed by atoms with E-state index in [0.29, 0.717) is 17.1 Å². The summed E-state index contributed by atoms with van der Waals surface area (Å²) in [6.45, 7) is 0.104. The van der Waals surface area contributed by atoms with Gasteiger partial charge in [-0.2, -0.15) is 0 Å². The summed E-state index contributed by atoms with van der Waals surface area (Å²) < 4.78 is 24.2. The highest BCUT2D eigenvalue weighted by molar-refractivity contribution is 5.34. The first-order valence-corrected chi connectivity index (χ1v) is 5.40. The van der Waals surface area contributed by atoms with Crippen LogP contribution >= 0.6 is 0 Å². The molecule has 0 atom stereocenters. The van der Waals surface area contributed by atoms with Crippen LogP contribution in [-0.2, 0) is 6.54 Å². The van der Waals surface area contributed by atoms with Crippen LogP contribution in [0.1, 0.15) is 5.56 Å². The molecular weight excluding hydrogens is 235 g/mol. The molecule has 1 aromatic heterocycles. The minimum atomic E-state index is -0.532. The van der Waals surface area contributed by atoms with Gasteiger partial charge in [0.05, 0.1) is 7.11 Å². The summed E-state index contributed by atoms with van der Waals surface area (Å²) in [6.07, 6.45) is 1.46. The van der Waals surface area contributed by atoms with Crippen molar-refractivity contribution in [3.8, 4) is 17.4 Å². The van der Waals surface area contributed by atoms with Gasteiger partial charge in [0, 0.05) is 18.3 Å². The van der Waals surface area contributed by atoms with E-state index in [0.717, 1.165) is 0 Å². The van der Waals surface area contributed by atoms with Gasteiger partial charge in [0.2, 0.25) is 0 Å². The van der Waals surface area contributed by atoms with E-state index < -0.39 is 5.82 Å². The van der Waals surface area contributed by atoms with Gasteiger partial charge in [-0.15, -0.1) is 0 Å². The summed E-state index contributed by atoms with van der Waals surface area (Å²) in [5.74, 6) is 0.571. The van der Waals surface area contributed by atoms with Crippen molar-refractivity contribution in [1.29, 1.82) is 0 Å². The van der Waals surface area contributed by atoms with Crippen molar-refractivity contribution in [2.24, 2.45) is 5.73 Å². The quantitative estimate of drug-likeness (QED) is 0.903. The fourth-order valence-electron chi connectivity index (χ4n) is 1.45. The van der Waals surface area contributed by atoms with Crippen LogP contribution in [0, 0.1) is 5.82 Å². The van der Waals surface area contributed by atoms with Crippen LogP contribution in [0.5, 0.6) is 17.4 Å². The molecule has 0 amide bonds. The van der Waals surface area contributed by atoms with Gasteiger partial charge in [0.25, 0.3) is 5.88 Å². The lowest BCUT2D eigenvalue weighted by molar-refractivity contribution is 0.406. The minimum absolute atomic E-state index is 0.0804. The highest BCUT2D eigenvalue weighted by Gasteiger charge is 2.10. The van der Waals surface area contributed by atoms with Gasteiger partial charge in [-0.1, -0.05) is 0 Å². The Morgan fingerprint density at radius 3 is 2.44 bits per heavy atom. The van der Waals surface area contributed by atoms with Gasteiger partial charge in [0.1, 0.15) is 11.5 Å². The molecule has 0 aliphatic rings. The van der Waals surface area contributed by atoms with Gasteiger partial charge in [-0.05, 0) is 30.3 Å². The molecule has 94 valence electrons. The van der Waals surface area contributed by atoms with Gasteiger partial charge < -0.3 is 15.2 Å². The molecule has 1 aromatic carbocycles. The maximum atomic E-state index is 13.8. The standard InChI is InChI=1S/C13H13FN2O2/c1-17-10-2-4-11(5-3-10)18-13-12(14)9(8-15)6-7-16-13/h2-7H,8,15H2,1H3. The Labute approximate surface area is 104 Å². The number of halogens is 1. The van der Waals surface area contributed by atoms with Crippen molar-refractivity contribution >= 4 is 0 Å². The fourth-order valence-corrected chi connectivity index (χ4v) is 1.45. The van der Waals surface area contributed by atoms with E-state index >= 15 is 0 Å². The van der Waals surface area contributed by atoms with Gasteiger partial charge in [-0.3, -0.25) is 0 Å². The molecular formula is C13H13FN2O2. The number of hydrogen-bond acceptors (Lipinski definition) is 4. The minimum Gasteiger partial charge on any atom is -0.497 e. The van der Waals surface area contributed by atoms with Gasteiger partial charge in [-0.25, -0.2) is 9.37 Å². The molecule has 0 bridgehead atoms. The summed E-state index contributed by atoms with van der Waals surface area (Å²) in [5.41, 5.74) is 5.78. The predicted octanol–water partition coefficient (Wildman–Crippen LogP) is 2.48. The largest absolute Gasteiger partial charge is 0.497 e. The van der Waals surface area contributed by atoms with Crippen LogP contribution in [0.3, 0.4) is 0 Å². The third-order valence-corrected chi connectivity index (χ3v) is 2.43. The first-order chi connectivity index (χ1) is 8.74. The summed E-state index contributed by atoms with van der Waals surface area (Å²) in [7, 11) is 1.57. The monoisotopic (exact) mass is 248 g/mol. The van der Waals surface area contributed by atoms with Crippen LogP contribution in [0.25, 0.3) is 0 Å². The van der Waals surface area contributed by atoms with E-state index in [1.807, 2.05) is 0 Å². The molecule has 18 heavy (non-hydrogen) atoms. The number of methoxy groups -OCH3 is 1. The van der Waals surface area contributed by atoms with Crippen LogP contribution in [0.15, 0.2) is 36.5 Å². The Morgan fingerprint density at radius 2 is 1.83 bits per heavy atom. The second kappa shape index (κ2) is 5.46. The maximum absolute atomic E-state index is 13.8. The Morgan fingerprint density at radius 1 is 1.17 bits per heavy atom. The topological polar surface area (TPSA) is 57.4 Å². The SMILES string of the molecule is COc1ccc(Oc2nccc(CN)c2F)cc1. The van der Waals surface area contributed by atoms with Crippen molar-refractivity contribution < 1.29 is 13.9 Å². The Bertz CT molecular complexity index is 529. The van der Waals surface area contributed by atoms with Crippen molar-refractivity contribution in [2.45, 2.75) is 6.54 Å². The van der Waals surface area contributed by atoms with Crippen LogP contribution in [0.2, 0.25) is 0 Å². The Balaban J connectivity index is 2.22. The second-order valence-electron chi connectivity index (χ2n) is 3.57. The van der Waals surface area contributed by atoms with E-state index in [1.54, 1.807) is 31.4 Å². The van der Waals surface area contributed by atoms with Gasteiger partial charge >= 0.3 is 0 Å². The zero-order valence-corrected chi connectivity index (χ0v) is 9.89. The van der Waals surface area contributed by atoms with Crippen molar-refractivity contribution in [3.05, 3.63) is 47.9 Å². The number of pyridine rings is 1. The first kappa shape index (κ1) is 12.3. The molecule has 0 saturated carbocycles. The lowest BCUT2D eigenvalue weighted by Gasteiger charge is -2.08. The zero-order valence-electron chi connectivity index (χ0n) is 9.89. The molecule has 0 saturated heterocycles. The first-order valence-electron chi connectivity index (χ1n) is 5.40. The summed E-state index contributed by atoms with van der Waals surface area (Å²) in [5, 5.41) is 0. The van der Waals surface area contributed by atoms with Crippen molar-refractivity contribution in [1.82, 2.24) is 4.98 Å². The predicted molar refractivity (Wildman–Crippen MR) is 65.2 cm³/mol. The molecule has 5 heteroatoms. The third-order valence-electron chi connectivity index (χ3n) is 2.43. The number of benzene rings is 1. The van der Waals surface area contributed by atoms with E-state index in [9.17, 15) is 4.39 Å². The number of rotatable bonds is 4. The molecule has 0 aliphatic heterocycles. The van der Waals surface area contributed by atoms with E-state index in [4.69, 9.17) is 15.2 Å². The fraction of sp³-hybridized carbons (Fsp3) is 0.154. The summed E-state index contributed by atoms with van der Waals surface area (Å²) in [6, 6.07) is 8.32. The van der Waals surface area contributed by atoms with Crippen molar-refractivity contribution in [2.75, 3.05) is 7.11 Å². The average molecular weight is 248 g/mol. The highest BCUT2D eigenvalue weighted by Crippen LogP contribution is 2.25. The van der Waals surface area contributed by atoms with Crippen LogP contribution in [0.4, 0.5) is 4.39 Å². The summed E-state index contributed by atoms with van der Waals surface area (Å²) >= 11 is 0. The number of nitrogens with zero attached hydrogens (tertiary/aromatic N) is 1. The molecule has 0 fully saturated rings. The number of hydrogen-bond donors (Lipinski definition) is 1. The average Bonchev–Trinajstić information content (AvgIpc) is 2.42. The molecule has 0 spiro atoms. The van der Waals surface area contributed by atoms with E-state index in [2.05, 4.69) is 4.98 Å². The molecule has 0 radical (unpaired) electrons. The van der Waals surface area contributed by atoms with Crippen LogP contribution < -0.4 is 15.2 Å². The normalized spacial score (nSPS) is 10.2. The van der Waals surface area contributed by atoms with Crippen LogP contribution in [-0.4, -0.2) is 12.1 Å².